The number of anilines is 1. The Kier molecular flexibility index (Phi) is 6.01. The molecule has 0 spiro atoms. The fourth-order valence-electron chi connectivity index (χ4n) is 3.78. The van der Waals surface area contributed by atoms with Gasteiger partial charge in [-0.05, 0) is 42.2 Å². The van der Waals surface area contributed by atoms with E-state index in [9.17, 15) is 8.42 Å². The number of pyridine rings is 1. The van der Waals surface area contributed by atoms with Gasteiger partial charge in [0.15, 0.2) is 5.82 Å². The van der Waals surface area contributed by atoms with Crippen molar-refractivity contribution in [1.29, 1.82) is 0 Å². The zero-order chi connectivity index (χ0) is 22.9. The molecule has 2 aromatic heterocycles. The molecule has 1 aliphatic rings. The van der Waals surface area contributed by atoms with E-state index in [1.165, 1.54) is 0 Å². The highest BCUT2D eigenvalue weighted by Gasteiger charge is 2.29. The quantitative estimate of drug-likeness (QED) is 0.602. The topological polar surface area (TPSA) is 79.3 Å². The molecular weight excluding hydrogens is 422 g/mol. The van der Waals surface area contributed by atoms with Crippen molar-refractivity contribution in [3.63, 3.8) is 0 Å². The summed E-state index contributed by atoms with van der Waals surface area (Å²) >= 11 is 0. The first kappa shape index (κ1) is 22.4. The van der Waals surface area contributed by atoms with Crippen LogP contribution in [0.15, 0.2) is 59.8 Å². The van der Waals surface area contributed by atoms with Crippen LogP contribution in [-0.4, -0.2) is 53.9 Å². The zero-order valence-corrected chi connectivity index (χ0v) is 19.8. The molecule has 7 nitrogen and oxygen atoms in total. The molecule has 1 aromatic carbocycles. The number of rotatable bonds is 4. The molecule has 0 amide bonds. The molecule has 0 unspecified atom stereocenters. The lowest BCUT2D eigenvalue weighted by atomic mass is 9.87. The van der Waals surface area contributed by atoms with E-state index in [2.05, 4.69) is 35.6 Å². The van der Waals surface area contributed by atoms with Crippen LogP contribution in [-0.2, 0) is 15.4 Å². The second-order valence-corrected chi connectivity index (χ2v) is 11.0. The molecular formula is C24H29N5O2S. The third kappa shape index (κ3) is 4.66. The molecule has 1 aliphatic heterocycles. The van der Waals surface area contributed by atoms with E-state index >= 15 is 0 Å². The molecule has 1 saturated heterocycles. The minimum atomic E-state index is -3.52. The minimum Gasteiger partial charge on any atom is -0.354 e. The van der Waals surface area contributed by atoms with Crippen molar-refractivity contribution in [1.82, 2.24) is 19.3 Å². The lowest BCUT2D eigenvalue weighted by Gasteiger charge is -2.35. The first-order valence-corrected chi connectivity index (χ1v) is 12.2. The summed E-state index contributed by atoms with van der Waals surface area (Å²) in [6.07, 6.45) is 3.44. The molecule has 32 heavy (non-hydrogen) atoms. The second-order valence-electron chi connectivity index (χ2n) is 9.09. The number of nitrogens with zero attached hydrogens (tertiary/aromatic N) is 5. The monoisotopic (exact) mass is 451 g/mol. The summed E-state index contributed by atoms with van der Waals surface area (Å²) < 4.78 is 27.9. The first-order valence-electron chi connectivity index (χ1n) is 10.8. The van der Waals surface area contributed by atoms with E-state index in [4.69, 9.17) is 4.98 Å². The Labute approximate surface area is 190 Å². The van der Waals surface area contributed by atoms with Crippen molar-refractivity contribution in [2.75, 3.05) is 31.1 Å². The number of hydrogen-bond donors (Lipinski definition) is 0. The van der Waals surface area contributed by atoms with Gasteiger partial charge in [0.1, 0.15) is 5.82 Å². The van der Waals surface area contributed by atoms with Gasteiger partial charge in [0.2, 0.25) is 10.0 Å². The SMILES string of the molecule is Cc1cc(N2CCN(S(=O)(=O)c3ccc(C(C)(C)C)cc3)CC2)nc(-c2ccncc2)n1. The molecule has 0 aliphatic carbocycles. The Morgan fingerprint density at radius 2 is 1.50 bits per heavy atom. The summed E-state index contributed by atoms with van der Waals surface area (Å²) in [5, 5.41) is 0. The number of hydrogen-bond acceptors (Lipinski definition) is 6. The Morgan fingerprint density at radius 3 is 2.09 bits per heavy atom. The largest absolute Gasteiger partial charge is 0.354 e. The molecule has 3 heterocycles. The van der Waals surface area contributed by atoms with Gasteiger partial charge in [-0.3, -0.25) is 4.98 Å². The standard InChI is InChI=1S/C24H29N5O2S/c1-18-17-22(27-23(26-18)19-9-11-25-12-10-19)28-13-15-29(16-14-28)32(30,31)21-7-5-20(6-8-21)24(2,3)4/h5-12,17H,13-16H2,1-4H3. The van der Waals surface area contributed by atoms with Crippen molar-refractivity contribution in [3.8, 4) is 11.4 Å². The van der Waals surface area contributed by atoms with Gasteiger partial charge in [0.05, 0.1) is 4.90 Å². The zero-order valence-electron chi connectivity index (χ0n) is 19.0. The highest BCUT2D eigenvalue weighted by atomic mass is 32.2. The normalized spacial score (nSPS) is 15.7. The van der Waals surface area contributed by atoms with E-state index in [0.29, 0.717) is 36.9 Å². The van der Waals surface area contributed by atoms with Crippen LogP contribution in [0.4, 0.5) is 5.82 Å². The molecule has 4 rings (SSSR count). The summed E-state index contributed by atoms with van der Waals surface area (Å²) in [4.78, 5) is 15.8. The van der Waals surface area contributed by atoms with E-state index < -0.39 is 10.0 Å². The van der Waals surface area contributed by atoms with Gasteiger partial charge < -0.3 is 4.90 Å². The number of aromatic nitrogens is 3. The molecule has 0 saturated carbocycles. The second kappa shape index (κ2) is 8.60. The average molecular weight is 452 g/mol. The van der Waals surface area contributed by atoms with Gasteiger partial charge in [0, 0.05) is 55.9 Å². The number of sulfonamides is 1. The molecule has 1 fully saturated rings. The minimum absolute atomic E-state index is 0.0152. The van der Waals surface area contributed by atoms with Crippen molar-refractivity contribution in [3.05, 3.63) is 66.1 Å². The summed E-state index contributed by atoms with van der Waals surface area (Å²) in [7, 11) is -3.52. The fraction of sp³-hybridized carbons (Fsp3) is 0.375. The van der Waals surface area contributed by atoms with Gasteiger partial charge in [0.25, 0.3) is 0 Å². The Morgan fingerprint density at radius 1 is 0.875 bits per heavy atom. The van der Waals surface area contributed by atoms with Crippen LogP contribution in [0.1, 0.15) is 32.0 Å². The van der Waals surface area contributed by atoms with Crippen LogP contribution in [0.5, 0.6) is 0 Å². The third-order valence-electron chi connectivity index (χ3n) is 5.70. The van der Waals surface area contributed by atoms with Crippen molar-refractivity contribution in [2.24, 2.45) is 0 Å². The molecule has 3 aromatic rings. The lowest BCUT2D eigenvalue weighted by molar-refractivity contribution is 0.383. The molecule has 0 radical (unpaired) electrons. The van der Waals surface area contributed by atoms with E-state index in [1.807, 2.05) is 37.3 Å². The maximum absolute atomic E-state index is 13.2. The van der Waals surface area contributed by atoms with Crippen LogP contribution >= 0.6 is 0 Å². The predicted octanol–water partition coefficient (Wildman–Crippen LogP) is 3.66. The van der Waals surface area contributed by atoms with Crippen LogP contribution in [0.2, 0.25) is 0 Å². The van der Waals surface area contributed by atoms with Crippen molar-refractivity contribution in [2.45, 2.75) is 38.0 Å². The van der Waals surface area contributed by atoms with Crippen LogP contribution in [0, 0.1) is 6.92 Å². The number of benzene rings is 1. The molecule has 8 heteroatoms. The van der Waals surface area contributed by atoms with Gasteiger partial charge in [-0.1, -0.05) is 32.9 Å². The lowest BCUT2D eigenvalue weighted by Crippen LogP contribution is -2.49. The fourth-order valence-corrected chi connectivity index (χ4v) is 5.20. The third-order valence-corrected chi connectivity index (χ3v) is 7.61. The Bertz CT molecular complexity index is 1180. The van der Waals surface area contributed by atoms with Gasteiger partial charge >= 0.3 is 0 Å². The van der Waals surface area contributed by atoms with Crippen molar-refractivity contribution < 1.29 is 8.42 Å². The van der Waals surface area contributed by atoms with Crippen LogP contribution < -0.4 is 4.90 Å². The van der Waals surface area contributed by atoms with Crippen LogP contribution in [0.3, 0.4) is 0 Å². The smallest absolute Gasteiger partial charge is 0.243 e. The van der Waals surface area contributed by atoms with Gasteiger partial charge in [-0.15, -0.1) is 0 Å². The Hall–Kier alpha value is -2.84. The van der Waals surface area contributed by atoms with Crippen LogP contribution in [0.25, 0.3) is 11.4 Å². The highest BCUT2D eigenvalue weighted by Crippen LogP contribution is 2.26. The maximum atomic E-state index is 13.2. The van der Waals surface area contributed by atoms with Crippen molar-refractivity contribution >= 4 is 15.8 Å². The predicted molar refractivity (Wildman–Crippen MR) is 126 cm³/mol. The molecule has 168 valence electrons. The highest BCUT2D eigenvalue weighted by molar-refractivity contribution is 7.89. The van der Waals surface area contributed by atoms with Gasteiger partial charge in [-0.25, -0.2) is 18.4 Å². The summed E-state index contributed by atoms with van der Waals surface area (Å²) in [6, 6.07) is 13.0. The maximum Gasteiger partial charge on any atom is 0.243 e. The average Bonchev–Trinajstić information content (AvgIpc) is 2.79. The summed E-state index contributed by atoms with van der Waals surface area (Å²) in [5.41, 5.74) is 2.88. The summed E-state index contributed by atoms with van der Waals surface area (Å²) in [5.74, 6) is 1.47. The number of piperazine rings is 1. The molecule has 0 N–H and O–H groups in total. The van der Waals surface area contributed by atoms with E-state index in [1.54, 1.807) is 28.8 Å². The molecule has 0 bridgehead atoms. The van der Waals surface area contributed by atoms with E-state index in [0.717, 1.165) is 22.6 Å². The first-order chi connectivity index (χ1) is 15.1. The van der Waals surface area contributed by atoms with Gasteiger partial charge in [-0.2, -0.15) is 4.31 Å². The Balaban J connectivity index is 1.49. The molecule has 0 atom stereocenters. The van der Waals surface area contributed by atoms with E-state index in [-0.39, 0.29) is 5.41 Å². The summed E-state index contributed by atoms with van der Waals surface area (Å²) in [6.45, 7) is 10.3. The number of aryl methyl sites for hydroxylation is 1.